The summed E-state index contributed by atoms with van der Waals surface area (Å²) in [6.07, 6.45) is 5.64. The molecule has 0 spiro atoms. The third-order valence-electron chi connectivity index (χ3n) is 4.41. The van der Waals surface area contributed by atoms with Crippen molar-refractivity contribution in [3.63, 3.8) is 0 Å². The van der Waals surface area contributed by atoms with Gasteiger partial charge in [0.2, 0.25) is 11.8 Å². The molecule has 5 heteroatoms. The van der Waals surface area contributed by atoms with E-state index in [0.717, 1.165) is 34.9 Å². The van der Waals surface area contributed by atoms with Gasteiger partial charge in [-0.05, 0) is 65.6 Å². The summed E-state index contributed by atoms with van der Waals surface area (Å²) < 4.78 is 1.12. The van der Waals surface area contributed by atoms with Gasteiger partial charge in [-0.3, -0.25) is 9.59 Å². The van der Waals surface area contributed by atoms with Crippen molar-refractivity contribution in [2.75, 3.05) is 11.4 Å². The van der Waals surface area contributed by atoms with Gasteiger partial charge in [0.1, 0.15) is 12.6 Å². The lowest BCUT2D eigenvalue weighted by Gasteiger charge is -2.37. The highest BCUT2D eigenvalue weighted by Crippen LogP contribution is 2.29. The van der Waals surface area contributed by atoms with Crippen LogP contribution in [0.1, 0.15) is 32.1 Å². The third-order valence-corrected chi connectivity index (χ3v) is 5.13. The highest BCUT2D eigenvalue weighted by Gasteiger charge is 2.38. The van der Waals surface area contributed by atoms with Gasteiger partial charge in [-0.15, -0.1) is 0 Å². The van der Waals surface area contributed by atoms with Crippen LogP contribution in [-0.4, -0.2) is 24.4 Å². The molecule has 1 unspecified atom stereocenters. The Morgan fingerprint density at radius 2 is 1.71 bits per heavy atom. The SMILES string of the molecule is O=C1CN(c2ccc(I)cc2)C(=O)C(C2CCCCC2)N1. The molecule has 1 saturated carbocycles. The lowest BCUT2D eigenvalue weighted by Crippen LogP contribution is -2.61. The lowest BCUT2D eigenvalue weighted by molar-refractivity contribution is -0.132. The summed E-state index contributed by atoms with van der Waals surface area (Å²) in [6.45, 7) is 0.128. The Labute approximate surface area is 138 Å². The van der Waals surface area contributed by atoms with Gasteiger partial charge < -0.3 is 10.2 Å². The fraction of sp³-hybridized carbons (Fsp3) is 0.500. The maximum absolute atomic E-state index is 12.8. The van der Waals surface area contributed by atoms with E-state index in [1.54, 1.807) is 4.90 Å². The predicted molar refractivity (Wildman–Crippen MR) is 90.0 cm³/mol. The number of amides is 2. The number of benzene rings is 1. The first-order valence-electron chi connectivity index (χ1n) is 7.51. The van der Waals surface area contributed by atoms with Gasteiger partial charge in [0.05, 0.1) is 0 Å². The van der Waals surface area contributed by atoms with Crippen molar-refractivity contribution >= 4 is 40.1 Å². The summed E-state index contributed by atoms with van der Waals surface area (Å²) in [7, 11) is 0. The van der Waals surface area contributed by atoms with Crippen molar-refractivity contribution in [2.45, 2.75) is 38.1 Å². The summed E-state index contributed by atoms with van der Waals surface area (Å²) in [5.74, 6) is 0.285. The molecular weight excluding hydrogens is 379 g/mol. The van der Waals surface area contributed by atoms with Crippen molar-refractivity contribution in [1.82, 2.24) is 5.32 Å². The molecule has 1 atom stereocenters. The molecule has 4 nitrogen and oxygen atoms in total. The Kier molecular flexibility index (Phi) is 4.47. The number of nitrogens with zero attached hydrogens (tertiary/aromatic N) is 1. The zero-order chi connectivity index (χ0) is 14.8. The molecule has 1 aromatic carbocycles. The molecule has 0 radical (unpaired) electrons. The van der Waals surface area contributed by atoms with Crippen molar-refractivity contribution in [3.05, 3.63) is 27.8 Å². The lowest BCUT2D eigenvalue weighted by atomic mass is 9.82. The quantitative estimate of drug-likeness (QED) is 0.779. The van der Waals surface area contributed by atoms with Crippen LogP contribution in [0.2, 0.25) is 0 Å². The zero-order valence-corrected chi connectivity index (χ0v) is 14.0. The molecule has 2 fully saturated rings. The van der Waals surface area contributed by atoms with Crippen molar-refractivity contribution in [2.24, 2.45) is 5.92 Å². The van der Waals surface area contributed by atoms with E-state index < -0.39 is 0 Å². The maximum Gasteiger partial charge on any atom is 0.250 e. The normalized spacial score (nSPS) is 24.0. The topological polar surface area (TPSA) is 49.4 Å². The first-order valence-corrected chi connectivity index (χ1v) is 8.59. The van der Waals surface area contributed by atoms with Crippen LogP contribution in [0.4, 0.5) is 5.69 Å². The monoisotopic (exact) mass is 398 g/mol. The number of anilines is 1. The van der Waals surface area contributed by atoms with Gasteiger partial charge >= 0.3 is 0 Å². The number of hydrogen-bond acceptors (Lipinski definition) is 2. The Hall–Kier alpha value is -1.11. The first-order chi connectivity index (χ1) is 10.1. The van der Waals surface area contributed by atoms with Gasteiger partial charge in [0.25, 0.3) is 0 Å². The second-order valence-corrected chi connectivity index (χ2v) is 7.09. The molecular formula is C16H19IN2O2. The smallest absolute Gasteiger partial charge is 0.250 e. The second-order valence-electron chi connectivity index (χ2n) is 5.84. The predicted octanol–water partition coefficient (Wildman–Crippen LogP) is 2.70. The van der Waals surface area contributed by atoms with Crippen LogP contribution in [0, 0.1) is 9.49 Å². The van der Waals surface area contributed by atoms with E-state index in [9.17, 15) is 9.59 Å². The molecule has 1 aliphatic heterocycles. The van der Waals surface area contributed by atoms with Crippen molar-refractivity contribution in [1.29, 1.82) is 0 Å². The van der Waals surface area contributed by atoms with E-state index >= 15 is 0 Å². The minimum absolute atomic E-state index is 0.0442. The Morgan fingerprint density at radius 3 is 2.38 bits per heavy atom. The molecule has 0 bridgehead atoms. The van der Waals surface area contributed by atoms with E-state index in [1.165, 1.54) is 6.42 Å². The number of carbonyl (C=O) groups excluding carboxylic acids is 2. The first kappa shape index (κ1) is 14.8. The molecule has 1 aromatic rings. The van der Waals surface area contributed by atoms with Crippen molar-refractivity contribution in [3.8, 4) is 0 Å². The highest BCUT2D eigenvalue weighted by atomic mass is 127. The molecule has 1 N–H and O–H groups in total. The number of hydrogen-bond donors (Lipinski definition) is 1. The molecule has 21 heavy (non-hydrogen) atoms. The summed E-state index contributed by atoms with van der Waals surface area (Å²) in [5.41, 5.74) is 0.816. The largest absolute Gasteiger partial charge is 0.342 e. The van der Waals surface area contributed by atoms with Gasteiger partial charge in [0, 0.05) is 9.26 Å². The van der Waals surface area contributed by atoms with Crippen molar-refractivity contribution < 1.29 is 9.59 Å². The van der Waals surface area contributed by atoms with E-state index in [1.807, 2.05) is 24.3 Å². The second kappa shape index (κ2) is 6.34. The average molecular weight is 398 g/mol. The van der Waals surface area contributed by atoms with Gasteiger partial charge in [0.15, 0.2) is 0 Å². The molecule has 1 aliphatic carbocycles. The van der Waals surface area contributed by atoms with Gasteiger partial charge in [-0.1, -0.05) is 19.3 Å². The third kappa shape index (κ3) is 3.22. The van der Waals surface area contributed by atoms with Crippen LogP contribution in [0.5, 0.6) is 0 Å². The summed E-state index contributed by atoms with van der Waals surface area (Å²) >= 11 is 2.23. The van der Waals surface area contributed by atoms with E-state index in [-0.39, 0.29) is 24.4 Å². The van der Waals surface area contributed by atoms with Crippen LogP contribution in [0.3, 0.4) is 0 Å². The highest BCUT2D eigenvalue weighted by molar-refractivity contribution is 14.1. The molecule has 112 valence electrons. The number of nitrogens with one attached hydrogen (secondary N) is 1. The number of rotatable bonds is 2. The van der Waals surface area contributed by atoms with E-state index in [2.05, 4.69) is 27.9 Å². The maximum atomic E-state index is 12.8. The molecule has 1 heterocycles. The zero-order valence-electron chi connectivity index (χ0n) is 11.8. The van der Waals surface area contributed by atoms with E-state index in [4.69, 9.17) is 0 Å². The van der Waals surface area contributed by atoms with Crippen LogP contribution in [-0.2, 0) is 9.59 Å². The van der Waals surface area contributed by atoms with Crippen LogP contribution in [0.15, 0.2) is 24.3 Å². The van der Waals surface area contributed by atoms with Crippen LogP contribution >= 0.6 is 22.6 Å². The molecule has 2 amide bonds. The Morgan fingerprint density at radius 1 is 1.05 bits per heavy atom. The van der Waals surface area contributed by atoms with Crippen LogP contribution < -0.4 is 10.2 Å². The standard InChI is InChI=1S/C16H19IN2O2/c17-12-6-8-13(9-7-12)19-10-14(20)18-15(16(19)21)11-4-2-1-3-5-11/h6-9,11,15H,1-5,10H2,(H,18,20). The van der Waals surface area contributed by atoms with Gasteiger partial charge in [-0.25, -0.2) is 0 Å². The summed E-state index contributed by atoms with van der Waals surface area (Å²) in [6, 6.07) is 7.41. The molecule has 1 saturated heterocycles. The fourth-order valence-electron chi connectivity index (χ4n) is 3.30. The Bertz CT molecular complexity index is 538. The number of halogens is 1. The molecule has 3 rings (SSSR count). The summed E-state index contributed by atoms with van der Waals surface area (Å²) in [5, 5.41) is 2.92. The number of piperazine rings is 1. The van der Waals surface area contributed by atoms with Crippen LogP contribution in [0.25, 0.3) is 0 Å². The Balaban J connectivity index is 1.82. The van der Waals surface area contributed by atoms with E-state index in [0.29, 0.717) is 5.92 Å². The minimum Gasteiger partial charge on any atom is -0.342 e. The number of carbonyl (C=O) groups is 2. The summed E-state index contributed by atoms with van der Waals surface area (Å²) in [4.78, 5) is 26.4. The average Bonchev–Trinajstić information content (AvgIpc) is 2.51. The molecule has 2 aliphatic rings. The van der Waals surface area contributed by atoms with Gasteiger partial charge in [-0.2, -0.15) is 0 Å². The fourth-order valence-corrected chi connectivity index (χ4v) is 3.66. The minimum atomic E-state index is -0.342. The molecule has 0 aromatic heterocycles.